The quantitative estimate of drug-likeness (QED) is 0.374. The molecule has 2 N–H and O–H groups in total. The number of primary amides is 1. The van der Waals surface area contributed by atoms with Gasteiger partial charge in [-0.2, -0.15) is 17.6 Å². The lowest BCUT2D eigenvalue weighted by molar-refractivity contribution is 0.0488. The predicted molar refractivity (Wildman–Crippen MR) is 127 cm³/mol. The van der Waals surface area contributed by atoms with E-state index in [-0.39, 0.29) is 34.5 Å². The second-order valence-corrected chi connectivity index (χ2v) is 9.84. The van der Waals surface area contributed by atoms with Crippen LogP contribution >= 0.6 is 0 Å². The normalized spacial score (nSPS) is 14.2. The number of amides is 3. The molecule has 0 bridgehead atoms. The molecule has 182 valence electrons. The number of hydrogen-bond donors (Lipinski definition) is 1. The van der Waals surface area contributed by atoms with Crippen LogP contribution in [0.2, 0.25) is 0 Å². The van der Waals surface area contributed by atoms with E-state index < -0.39 is 34.0 Å². The first-order valence-electron chi connectivity index (χ1n) is 10.8. The third kappa shape index (κ3) is 4.07. The van der Waals surface area contributed by atoms with Crippen LogP contribution in [-0.2, 0) is 21.2 Å². The van der Waals surface area contributed by atoms with Gasteiger partial charge in [0, 0.05) is 17.5 Å². The Morgan fingerprint density at radius 1 is 0.972 bits per heavy atom. The summed E-state index contributed by atoms with van der Waals surface area (Å²) in [5.41, 5.74) is 6.44. The maximum atomic E-state index is 13.0. The number of ether oxygens (including phenoxy) is 1. The largest absolute Gasteiger partial charge is 0.444 e. The van der Waals surface area contributed by atoms with Crippen LogP contribution in [0.25, 0.3) is 10.9 Å². The van der Waals surface area contributed by atoms with Crippen molar-refractivity contribution in [3.63, 3.8) is 0 Å². The molecule has 36 heavy (non-hydrogen) atoms. The molecule has 12 heteroatoms. The second kappa shape index (κ2) is 8.89. The highest BCUT2D eigenvalue weighted by Gasteiger charge is 2.37. The highest BCUT2D eigenvalue weighted by atomic mass is 32.2. The van der Waals surface area contributed by atoms with Gasteiger partial charge in [-0.1, -0.05) is 30.3 Å². The molecule has 0 fully saturated rings. The molecule has 0 saturated carbocycles. The van der Waals surface area contributed by atoms with E-state index >= 15 is 0 Å². The molecule has 3 amide bonds. The van der Waals surface area contributed by atoms with Gasteiger partial charge >= 0.3 is 6.09 Å². The van der Waals surface area contributed by atoms with E-state index in [4.69, 9.17) is 10.5 Å². The van der Waals surface area contributed by atoms with Crippen molar-refractivity contribution < 1.29 is 27.5 Å². The SMILES string of the molecule is NC(=O)OC(Cc1cc2cnn(S(=O)(=O)c3ccccc3)c2cn1)CN1C(=O)c2ccccc2C1=O. The molecular weight excluding hydrogens is 486 g/mol. The zero-order valence-electron chi connectivity index (χ0n) is 18.6. The molecule has 1 unspecified atom stereocenters. The number of imide groups is 1. The van der Waals surface area contributed by atoms with Gasteiger partial charge in [-0.3, -0.25) is 19.5 Å². The first kappa shape index (κ1) is 23.2. The first-order valence-corrected chi connectivity index (χ1v) is 12.2. The third-order valence-electron chi connectivity index (χ3n) is 5.73. The van der Waals surface area contributed by atoms with Crippen LogP contribution in [0.1, 0.15) is 26.4 Å². The first-order chi connectivity index (χ1) is 17.3. The Labute approximate surface area is 205 Å². The number of pyridine rings is 1. The fourth-order valence-electron chi connectivity index (χ4n) is 4.09. The average Bonchev–Trinajstić information content (AvgIpc) is 3.40. The zero-order valence-corrected chi connectivity index (χ0v) is 19.5. The standard InChI is InChI=1S/C24H19N5O6S/c25-24(32)35-17(14-28-22(30)19-8-4-5-9-20(19)23(28)31)11-16-10-15-12-27-29(21(15)13-26-16)36(33,34)18-6-2-1-3-7-18/h1-10,12-13,17H,11,14H2,(H2,25,32). The van der Waals surface area contributed by atoms with Crippen molar-refractivity contribution in [2.24, 2.45) is 5.73 Å². The Morgan fingerprint density at radius 2 is 1.61 bits per heavy atom. The van der Waals surface area contributed by atoms with E-state index in [0.29, 0.717) is 11.1 Å². The van der Waals surface area contributed by atoms with Crippen LogP contribution in [0, 0.1) is 0 Å². The third-order valence-corrected chi connectivity index (χ3v) is 7.35. The molecule has 5 rings (SSSR count). The molecule has 11 nitrogen and oxygen atoms in total. The molecule has 3 heterocycles. The van der Waals surface area contributed by atoms with E-state index in [1.165, 1.54) is 24.5 Å². The van der Waals surface area contributed by atoms with Gasteiger partial charge in [-0.05, 0) is 30.3 Å². The minimum absolute atomic E-state index is 0.0168. The van der Waals surface area contributed by atoms with Gasteiger partial charge in [0.1, 0.15) is 11.6 Å². The summed E-state index contributed by atoms with van der Waals surface area (Å²) in [6.07, 6.45) is 0.705. The van der Waals surface area contributed by atoms with E-state index in [0.717, 1.165) is 8.99 Å². The molecule has 0 saturated heterocycles. The van der Waals surface area contributed by atoms with Gasteiger partial charge in [-0.15, -0.1) is 0 Å². The number of aromatic nitrogens is 3. The van der Waals surface area contributed by atoms with Crippen LogP contribution in [-0.4, -0.2) is 58.0 Å². The van der Waals surface area contributed by atoms with Gasteiger partial charge in [-0.25, -0.2) is 4.79 Å². The Morgan fingerprint density at radius 3 is 2.25 bits per heavy atom. The van der Waals surface area contributed by atoms with Crippen molar-refractivity contribution in [1.29, 1.82) is 0 Å². The summed E-state index contributed by atoms with van der Waals surface area (Å²) in [6.45, 7) is -0.226. The molecular formula is C24H19N5O6S. The second-order valence-electron chi connectivity index (χ2n) is 8.07. The highest BCUT2D eigenvalue weighted by molar-refractivity contribution is 7.90. The fraction of sp³-hybridized carbons (Fsp3) is 0.125. The Kier molecular flexibility index (Phi) is 5.72. The summed E-state index contributed by atoms with van der Waals surface area (Å²) >= 11 is 0. The molecule has 1 aliphatic heterocycles. The Hall–Kier alpha value is -4.58. The summed E-state index contributed by atoms with van der Waals surface area (Å²) in [5, 5.41) is 4.51. The van der Waals surface area contributed by atoms with Crippen molar-refractivity contribution >= 4 is 38.8 Å². The predicted octanol–water partition coefficient (Wildman–Crippen LogP) is 1.97. The van der Waals surface area contributed by atoms with E-state index in [1.54, 1.807) is 48.5 Å². The van der Waals surface area contributed by atoms with Crippen molar-refractivity contribution in [3.05, 3.63) is 89.9 Å². The van der Waals surface area contributed by atoms with Crippen molar-refractivity contribution in [1.82, 2.24) is 19.1 Å². The van der Waals surface area contributed by atoms with Crippen molar-refractivity contribution in [2.75, 3.05) is 6.54 Å². The topological polar surface area (TPSA) is 155 Å². The van der Waals surface area contributed by atoms with Gasteiger partial charge in [0.15, 0.2) is 0 Å². The molecule has 0 spiro atoms. The van der Waals surface area contributed by atoms with Crippen LogP contribution in [0.15, 0.2) is 78.0 Å². The Bertz CT molecular complexity index is 1580. The average molecular weight is 506 g/mol. The summed E-state index contributed by atoms with van der Waals surface area (Å²) in [4.78, 5) is 42.3. The number of hydrogen-bond acceptors (Lipinski definition) is 8. The van der Waals surface area contributed by atoms with E-state index in [1.807, 2.05) is 0 Å². The van der Waals surface area contributed by atoms with E-state index in [2.05, 4.69) is 10.1 Å². The van der Waals surface area contributed by atoms with E-state index in [9.17, 15) is 22.8 Å². The summed E-state index contributed by atoms with van der Waals surface area (Å²) < 4.78 is 32.0. The van der Waals surface area contributed by atoms with Crippen LogP contribution < -0.4 is 5.73 Å². The lowest BCUT2D eigenvalue weighted by atomic mass is 10.1. The Balaban J connectivity index is 1.40. The number of rotatable bonds is 7. The molecule has 1 atom stereocenters. The van der Waals surface area contributed by atoms with Gasteiger partial charge in [0.25, 0.3) is 21.8 Å². The summed E-state index contributed by atoms with van der Waals surface area (Å²) in [6, 6.07) is 15.9. The number of fused-ring (bicyclic) bond motifs is 2. The summed E-state index contributed by atoms with van der Waals surface area (Å²) in [5.74, 6) is -0.992. The highest BCUT2D eigenvalue weighted by Crippen LogP contribution is 2.24. The fourth-order valence-corrected chi connectivity index (χ4v) is 5.38. The zero-order chi connectivity index (χ0) is 25.4. The minimum atomic E-state index is -3.93. The molecule has 2 aromatic heterocycles. The van der Waals surface area contributed by atoms with Gasteiger partial charge < -0.3 is 10.5 Å². The smallest absolute Gasteiger partial charge is 0.404 e. The van der Waals surface area contributed by atoms with Crippen LogP contribution in [0.5, 0.6) is 0 Å². The van der Waals surface area contributed by atoms with Crippen LogP contribution in [0.4, 0.5) is 4.79 Å². The molecule has 0 aliphatic carbocycles. The maximum absolute atomic E-state index is 13.0. The van der Waals surface area contributed by atoms with Crippen LogP contribution in [0.3, 0.4) is 0 Å². The number of nitrogens with zero attached hydrogens (tertiary/aromatic N) is 4. The minimum Gasteiger partial charge on any atom is -0.444 e. The molecule has 0 radical (unpaired) electrons. The molecule has 4 aromatic rings. The number of nitrogens with two attached hydrogens (primary N) is 1. The summed E-state index contributed by atoms with van der Waals surface area (Å²) in [7, 11) is -3.93. The lowest BCUT2D eigenvalue weighted by Gasteiger charge is -2.22. The lowest BCUT2D eigenvalue weighted by Crippen LogP contribution is -2.40. The number of benzene rings is 2. The van der Waals surface area contributed by atoms with Gasteiger partial charge in [0.05, 0.1) is 35.0 Å². The number of carbonyl (C=O) groups excluding carboxylic acids is 3. The molecule has 1 aliphatic rings. The molecule has 2 aromatic carbocycles. The van der Waals surface area contributed by atoms with Gasteiger partial charge in [0.2, 0.25) is 0 Å². The van der Waals surface area contributed by atoms with Crippen molar-refractivity contribution in [2.45, 2.75) is 17.4 Å². The monoisotopic (exact) mass is 505 g/mol. The maximum Gasteiger partial charge on any atom is 0.404 e. The van der Waals surface area contributed by atoms with Crippen molar-refractivity contribution in [3.8, 4) is 0 Å². The number of carbonyl (C=O) groups is 3.